The lowest BCUT2D eigenvalue weighted by molar-refractivity contribution is 0.513. The number of nitrogens with two attached hydrogens (primary N) is 1. The molecule has 13 heavy (non-hydrogen) atoms. The molecule has 1 unspecified atom stereocenters. The fourth-order valence-corrected chi connectivity index (χ4v) is 2.24. The van der Waals surface area contributed by atoms with Crippen LogP contribution in [0, 0.1) is 0 Å². The highest BCUT2D eigenvalue weighted by Gasteiger charge is 2.21. The molecule has 0 aromatic heterocycles. The molecule has 2 rings (SSSR count). The van der Waals surface area contributed by atoms with Crippen molar-refractivity contribution in [3.05, 3.63) is 34.3 Å². The normalized spacial score (nSPS) is 27.0. The van der Waals surface area contributed by atoms with Crippen molar-refractivity contribution in [2.24, 2.45) is 5.73 Å². The Morgan fingerprint density at radius 2 is 2.08 bits per heavy atom. The number of halogens is 1. The van der Waals surface area contributed by atoms with Crippen molar-refractivity contribution in [2.45, 2.75) is 31.7 Å². The van der Waals surface area contributed by atoms with Gasteiger partial charge in [0.2, 0.25) is 0 Å². The maximum Gasteiger partial charge on any atom is 0.0409 e. The Bertz CT molecular complexity index is 322. The van der Waals surface area contributed by atoms with Crippen LogP contribution in [0.4, 0.5) is 0 Å². The van der Waals surface area contributed by atoms with E-state index in [1.54, 1.807) is 0 Å². The second kappa shape index (κ2) is 3.32. The number of fused-ring (bicyclic) bond motifs is 1. The quantitative estimate of drug-likeness (QED) is 0.676. The van der Waals surface area contributed by atoms with Crippen molar-refractivity contribution in [2.75, 3.05) is 0 Å². The Hall–Kier alpha value is -0.530. The van der Waals surface area contributed by atoms with Gasteiger partial charge in [-0.05, 0) is 42.0 Å². The van der Waals surface area contributed by atoms with E-state index in [2.05, 4.69) is 13.0 Å². The molecular weight excluding hydrogens is 182 g/mol. The predicted octanol–water partition coefficient (Wildman–Crippen LogP) is 3.24. The van der Waals surface area contributed by atoms with Crippen LogP contribution in [0.1, 0.15) is 42.9 Å². The van der Waals surface area contributed by atoms with Gasteiger partial charge in [0.25, 0.3) is 0 Å². The zero-order valence-corrected chi connectivity index (χ0v) is 8.51. The molecule has 2 heteroatoms. The first-order valence-corrected chi connectivity index (χ1v) is 5.11. The molecule has 1 aliphatic carbocycles. The van der Waals surface area contributed by atoms with Crippen LogP contribution >= 0.6 is 11.6 Å². The summed E-state index contributed by atoms with van der Waals surface area (Å²) in [6.45, 7) is 2.25. The van der Waals surface area contributed by atoms with Crippen molar-refractivity contribution < 1.29 is 0 Å². The summed E-state index contributed by atoms with van der Waals surface area (Å²) < 4.78 is 0. The summed E-state index contributed by atoms with van der Waals surface area (Å²) in [6.07, 6.45) is 2.27. The summed E-state index contributed by atoms with van der Waals surface area (Å²) in [5.41, 5.74) is 8.64. The van der Waals surface area contributed by atoms with E-state index in [1.165, 1.54) is 17.5 Å². The summed E-state index contributed by atoms with van der Waals surface area (Å²) in [4.78, 5) is 0. The molecule has 1 aromatic rings. The van der Waals surface area contributed by atoms with E-state index < -0.39 is 0 Å². The van der Waals surface area contributed by atoms with Gasteiger partial charge in [0.15, 0.2) is 0 Å². The third-order valence-corrected chi connectivity index (χ3v) is 3.13. The van der Waals surface area contributed by atoms with Crippen LogP contribution in [0.3, 0.4) is 0 Å². The molecule has 0 amide bonds. The first-order valence-electron chi connectivity index (χ1n) is 4.73. The average molecular weight is 196 g/mol. The van der Waals surface area contributed by atoms with Crippen molar-refractivity contribution >= 4 is 11.6 Å². The molecule has 1 aliphatic rings. The van der Waals surface area contributed by atoms with Crippen molar-refractivity contribution in [1.82, 2.24) is 0 Å². The van der Waals surface area contributed by atoms with Crippen LogP contribution in [0.2, 0.25) is 5.02 Å². The van der Waals surface area contributed by atoms with E-state index in [1.807, 2.05) is 12.1 Å². The molecule has 0 heterocycles. The van der Waals surface area contributed by atoms with Crippen molar-refractivity contribution in [3.63, 3.8) is 0 Å². The van der Waals surface area contributed by atoms with Crippen LogP contribution in [-0.4, -0.2) is 0 Å². The maximum atomic E-state index is 6.02. The molecule has 0 bridgehead atoms. The van der Waals surface area contributed by atoms with Gasteiger partial charge in [0.1, 0.15) is 0 Å². The predicted molar refractivity (Wildman–Crippen MR) is 56.0 cm³/mol. The van der Waals surface area contributed by atoms with Gasteiger partial charge in [-0.15, -0.1) is 0 Å². The lowest BCUT2D eigenvalue weighted by Crippen LogP contribution is -2.19. The van der Waals surface area contributed by atoms with Gasteiger partial charge in [-0.25, -0.2) is 0 Å². The van der Waals surface area contributed by atoms with Crippen LogP contribution < -0.4 is 5.73 Å². The smallest absolute Gasteiger partial charge is 0.0409 e. The van der Waals surface area contributed by atoms with E-state index in [4.69, 9.17) is 17.3 Å². The van der Waals surface area contributed by atoms with E-state index in [-0.39, 0.29) is 6.04 Å². The molecule has 0 saturated heterocycles. The molecule has 2 atom stereocenters. The lowest BCUT2D eigenvalue weighted by Gasteiger charge is -2.27. The molecule has 0 saturated carbocycles. The lowest BCUT2D eigenvalue weighted by atomic mass is 9.81. The third kappa shape index (κ3) is 1.59. The molecule has 0 aliphatic heterocycles. The molecule has 2 N–H and O–H groups in total. The van der Waals surface area contributed by atoms with E-state index in [9.17, 15) is 0 Å². The molecule has 0 spiro atoms. The maximum absolute atomic E-state index is 6.02. The van der Waals surface area contributed by atoms with Gasteiger partial charge in [0.05, 0.1) is 0 Å². The highest BCUT2D eigenvalue weighted by Crippen LogP contribution is 2.36. The Morgan fingerprint density at radius 3 is 2.85 bits per heavy atom. The summed E-state index contributed by atoms with van der Waals surface area (Å²) in [5, 5.41) is 0.795. The fourth-order valence-electron chi connectivity index (χ4n) is 2.06. The number of hydrogen-bond acceptors (Lipinski definition) is 1. The van der Waals surface area contributed by atoms with Gasteiger partial charge in [-0.3, -0.25) is 0 Å². The van der Waals surface area contributed by atoms with E-state index >= 15 is 0 Å². The van der Waals surface area contributed by atoms with Gasteiger partial charge < -0.3 is 5.73 Å². The number of rotatable bonds is 0. The minimum Gasteiger partial charge on any atom is -0.324 e. The van der Waals surface area contributed by atoms with Crippen molar-refractivity contribution in [1.29, 1.82) is 0 Å². The second-order valence-electron chi connectivity index (χ2n) is 3.86. The van der Waals surface area contributed by atoms with E-state index in [0.29, 0.717) is 5.92 Å². The topological polar surface area (TPSA) is 26.0 Å². The Kier molecular flexibility index (Phi) is 2.31. The first kappa shape index (κ1) is 9.04. The highest BCUT2D eigenvalue weighted by molar-refractivity contribution is 6.30. The fraction of sp³-hybridized carbons (Fsp3) is 0.455. The molecular formula is C11H14ClN. The highest BCUT2D eigenvalue weighted by atomic mass is 35.5. The molecule has 1 nitrogen and oxygen atoms in total. The van der Waals surface area contributed by atoms with Crippen molar-refractivity contribution in [3.8, 4) is 0 Å². The zero-order chi connectivity index (χ0) is 9.42. The summed E-state index contributed by atoms with van der Waals surface area (Å²) in [6, 6.07) is 6.26. The SMILES string of the molecule is CC1CC[C@@H](N)c2cc(Cl)ccc21. The van der Waals surface area contributed by atoms with Gasteiger partial charge in [-0.1, -0.05) is 24.6 Å². The monoisotopic (exact) mass is 195 g/mol. The van der Waals surface area contributed by atoms with E-state index in [0.717, 1.165) is 11.4 Å². The minimum atomic E-state index is 0.185. The molecule has 1 aromatic carbocycles. The standard InChI is InChI=1S/C11H14ClN/c1-7-2-5-11(13)10-6-8(12)3-4-9(7)10/h3-4,6-7,11H,2,5,13H2,1H3/t7?,11-/m1/s1. The number of benzene rings is 1. The summed E-state index contributed by atoms with van der Waals surface area (Å²) in [5.74, 6) is 0.632. The first-order chi connectivity index (χ1) is 6.18. The van der Waals surface area contributed by atoms with Crippen LogP contribution in [0.5, 0.6) is 0 Å². The van der Waals surface area contributed by atoms with Crippen LogP contribution in [-0.2, 0) is 0 Å². The summed E-state index contributed by atoms with van der Waals surface area (Å²) >= 11 is 5.93. The number of hydrogen-bond donors (Lipinski definition) is 1. The summed E-state index contributed by atoms with van der Waals surface area (Å²) in [7, 11) is 0. The largest absolute Gasteiger partial charge is 0.324 e. The Balaban J connectivity index is 2.50. The molecule has 0 fully saturated rings. The molecule has 0 radical (unpaired) electrons. The van der Waals surface area contributed by atoms with Gasteiger partial charge in [-0.2, -0.15) is 0 Å². The second-order valence-corrected chi connectivity index (χ2v) is 4.29. The van der Waals surface area contributed by atoms with Crippen LogP contribution in [0.25, 0.3) is 0 Å². The molecule has 70 valence electrons. The zero-order valence-electron chi connectivity index (χ0n) is 7.76. The Labute approximate surface area is 83.9 Å². The third-order valence-electron chi connectivity index (χ3n) is 2.89. The minimum absolute atomic E-state index is 0.185. The average Bonchev–Trinajstić information content (AvgIpc) is 2.12. The van der Waals surface area contributed by atoms with Gasteiger partial charge >= 0.3 is 0 Å². The Morgan fingerprint density at radius 1 is 1.31 bits per heavy atom. The van der Waals surface area contributed by atoms with Gasteiger partial charge in [0, 0.05) is 11.1 Å². The van der Waals surface area contributed by atoms with Crippen LogP contribution in [0.15, 0.2) is 18.2 Å².